The Morgan fingerprint density at radius 3 is 2.79 bits per heavy atom. The number of ether oxygens (including phenoxy) is 1. The van der Waals surface area contributed by atoms with Crippen LogP contribution in [0, 0.1) is 12.7 Å². The van der Waals surface area contributed by atoms with E-state index < -0.39 is 5.82 Å². The monoisotopic (exact) mass is 329 g/mol. The number of pyridine rings is 2. The van der Waals surface area contributed by atoms with E-state index in [1.807, 2.05) is 19.1 Å². The Bertz CT molecular complexity index is 715. The van der Waals surface area contributed by atoms with Crippen LogP contribution in [0.1, 0.15) is 41.7 Å². The van der Waals surface area contributed by atoms with E-state index in [1.165, 1.54) is 12.3 Å². The van der Waals surface area contributed by atoms with Crippen LogP contribution in [0.3, 0.4) is 0 Å². The van der Waals surface area contributed by atoms with E-state index in [9.17, 15) is 9.18 Å². The molecule has 0 aromatic carbocycles. The van der Waals surface area contributed by atoms with Crippen molar-refractivity contribution < 1.29 is 13.9 Å². The van der Waals surface area contributed by atoms with Gasteiger partial charge in [-0.2, -0.15) is 0 Å². The summed E-state index contributed by atoms with van der Waals surface area (Å²) in [5.41, 5.74) is 1.13. The van der Waals surface area contributed by atoms with Gasteiger partial charge < -0.3 is 10.1 Å². The number of aromatic nitrogens is 2. The first kappa shape index (κ1) is 16.4. The van der Waals surface area contributed by atoms with Gasteiger partial charge in [-0.1, -0.05) is 0 Å². The molecule has 0 atom stereocenters. The summed E-state index contributed by atoms with van der Waals surface area (Å²) in [6, 6.07) is 5.06. The summed E-state index contributed by atoms with van der Waals surface area (Å²) >= 11 is 0. The first-order valence-corrected chi connectivity index (χ1v) is 8.11. The van der Waals surface area contributed by atoms with Gasteiger partial charge in [0.2, 0.25) is 0 Å². The molecule has 0 radical (unpaired) electrons. The van der Waals surface area contributed by atoms with Gasteiger partial charge in [0, 0.05) is 18.4 Å². The number of hydrogen-bond acceptors (Lipinski definition) is 4. The fraction of sp³-hybridized carbons (Fsp3) is 0.389. The smallest absolute Gasteiger partial charge is 0.253 e. The van der Waals surface area contributed by atoms with Crippen molar-refractivity contribution in [3.8, 4) is 5.75 Å². The van der Waals surface area contributed by atoms with Crippen molar-refractivity contribution in [3.05, 3.63) is 53.9 Å². The van der Waals surface area contributed by atoms with E-state index in [0.29, 0.717) is 0 Å². The minimum absolute atomic E-state index is 0.0793. The van der Waals surface area contributed by atoms with Crippen LogP contribution in [0.25, 0.3) is 0 Å². The normalized spacial score (nSPS) is 20.4. The van der Waals surface area contributed by atoms with Gasteiger partial charge in [-0.15, -0.1) is 0 Å². The largest absolute Gasteiger partial charge is 0.489 e. The molecule has 2 heterocycles. The zero-order chi connectivity index (χ0) is 16.9. The van der Waals surface area contributed by atoms with E-state index in [1.54, 1.807) is 6.20 Å². The summed E-state index contributed by atoms with van der Waals surface area (Å²) in [4.78, 5) is 20.0. The van der Waals surface area contributed by atoms with E-state index in [0.717, 1.165) is 43.3 Å². The third kappa shape index (κ3) is 4.07. The van der Waals surface area contributed by atoms with Crippen LogP contribution in [-0.4, -0.2) is 28.0 Å². The third-order valence-corrected chi connectivity index (χ3v) is 4.23. The maximum atomic E-state index is 13.1. The number of nitrogens with one attached hydrogen (secondary N) is 1. The SMILES string of the molecule is Cc1ncccc1OC1CCC(NC(=O)c2cncc(F)c2)CC1. The Morgan fingerprint density at radius 2 is 2.08 bits per heavy atom. The van der Waals surface area contributed by atoms with Gasteiger partial charge in [-0.3, -0.25) is 14.8 Å². The molecule has 1 fully saturated rings. The quantitative estimate of drug-likeness (QED) is 0.936. The van der Waals surface area contributed by atoms with Gasteiger partial charge in [0.05, 0.1) is 23.6 Å². The number of carbonyl (C=O) groups excluding carboxylic acids is 1. The summed E-state index contributed by atoms with van der Waals surface area (Å²) in [5, 5.41) is 2.94. The Balaban J connectivity index is 1.50. The molecule has 2 aromatic heterocycles. The lowest BCUT2D eigenvalue weighted by atomic mass is 9.92. The average Bonchev–Trinajstić information content (AvgIpc) is 2.58. The minimum atomic E-state index is -0.508. The highest BCUT2D eigenvalue weighted by atomic mass is 19.1. The van der Waals surface area contributed by atoms with E-state index in [-0.39, 0.29) is 23.6 Å². The van der Waals surface area contributed by atoms with Crippen LogP contribution in [0.5, 0.6) is 5.75 Å². The van der Waals surface area contributed by atoms with Gasteiger partial charge in [0.25, 0.3) is 5.91 Å². The molecule has 126 valence electrons. The third-order valence-electron chi connectivity index (χ3n) is 4.23. The van der Waals surface area contributed by atoms with Crippen LogP contribution < -0.4 is 10.1 Å². The van der Waals surface area contributed by atoms with E-state index in [2.05, 4.69) is 15.3 Å². The summed E-state index contributed by atoms with van der Waals surface area (Å²) in [6.45, 7) is 1.92. The second-order valence-corrected chi connectivity index (χ2v) is 6.04. The molecular formula is C18H20FN3O2. The molecular weight excluding hydrogens is 309 g/mol. The minimum Gasteiger partial charge on any atom is -0.489 e. The second-order valence-electron chi connectivity index (χ2n) is 6.04. The lowest BCUT2D eigenvalue weighted by Gasteiger charge is -2.29. The molecule has 5 nitrogen and oxygen atoms in total. The van der Waals surface area contributed by atoms with Crippen LogP contribution in [0.15, 0.2) is 36.8 Å². The maximum absolute atomic E-state index is 13.1. The molecule has 0 unspecified atom stereocenters. The van der Waals surface area contributed by atoms with Crippen molar-refractivity contribution in [2.45, 2.75) is 44.8 Å². The number of halogens is 1. The van der Waals surface area contributed by atoms with Crippen LogP contribution in [0.4, 0.5) is 4.39 Å². The summed E-state index contributed by atoms with van der Waals surface area (Å²) < 4.78 is 19.1. The van der Waals surface area contributed by atoms with Crippen molar-refractivity contribution in [2.24, 2.45) is 0 Å². The van der Waals surface area contributed by atoms with Crippen molar-refractivity contribution in [3.63, 3.8) is 0 Å². The van der Waals surface area contributed by atoms with Crippen molar-refractivity contribution in [2.75, 3.05) is 0 Å². The summed E-state index contributed by atoms with van der Waals surface area (Å²) in [7, 11) is 0. The number of hydrogen-bond donors (Lipinski definition) is 1. The van der Waals surface area contributed by atoms with Crippen molar-refractivity contribution in [1.29, 1.82) is 0 Å². The van der Waals surface area contributed by atoms with Gasteiger partial charge in [0.15, 0.2) is 0 Å². The van der Waals surface area contributed by atoms with E-state index in [4.69, 9.17) is 4.74 Å². The molecule has 0 aliphatic heterocycles. The standard InChI is InChI=1S/C18H20FN3O2/c1-12-17(3-2-8-21-12)24-16-6-4-15(5-7-16)22-18(23)13-9-14(19)11-20-10-13/h2-3,8-11,15-16H,4-7H2,1H3,(H,22,23). The molecule has 2 aromatic rings. The van der Waals surface area contributed by atoms with Gasteiger partial charge in [-0.25, -0.2) is 4.39 Å². The Labute approximate surface area is 140 Å². The molecule has 24 heavy (non-hydrogen) atoms. The molecule has 0 spiro atoms. The molecule has 6 heteroatoms. The average molecular weight is 329 g/mol. The summed E-state index contributed by atoms with van der Waals surface area (Å²) in [6.07, 6.45) is 7.73. The molecule has 1 aliphatic rings. The highest BCUT2D eigenvalue weighted by Crippen LogP contribution is 2.25. The number of aryl methyl sites for hydroxylation is 1. The number of rotatable bonds is 4. The fourth-order valence-electron chi connectivity index (χ4n) is 2.90. The van der Waals surface area contributed by atoms with Gasteiger partial charge in [0.1, 0.15) is 11.6 Å². The van der Waals surface area contributed by atoms with Crippen molar-refractivity contribution >= 4 is 5.91 Å². The highest BCUT2D eigenvalue weighted by Gasteiger charge is 2.24. The summed E-state index contributed by atoms with van der Waals surface area (Å²) in [5.74, 6) is 0.0249. The highest BCUT2D eigenvalue weighted by molar-refractivity contribution is 5.94. The molecule has 1 amide bonds. The zero-order valence-electron chi connectivity index (χ0n) is 13.5. The Kier molecular flexibility index (Phi) is 5.03. The molecule has 1 saturated carbocycles. The first-order valence-electron chi connectivity index (χ1n) is 8.11. The maximum Gasteiger partial charge on any atom is 0.253 e. The predicted molar refractivity (Wildman–Crippen MR) is 87.3 cm³/mol. The molecule has 1 N–H and O–H groups in total. The van der Waals surface area contributed by atoms with Gasteiger partial charge >= 0.3 is 0 Å². The van der Waals surface area contributed by atoms with Crippen molar-refractivity contribution in [1.82, 2.24) is 15.3 Å². The first-order chi connectivity index (χ1) is 11.6. The van der Waals surface area contributed by atoms with Crippen LogP contribution in [-0.2, 0) is 0 Å². The molecule has 1 aliphatic carbocycles. The fourth-order valence-corrected chi connectivity index (χ4v) is 2.90. The second kappa shape index (κ2) is 7.38. The number of carbonyl (C=O) groups is 1. The lowest BCUT2D eigenvalue weighted by molar-refractivity contribution is 0.0892. The molecule has 0 saturated heterocycles. The topological polar surface area (TPSA) is 64.1 Å². The molecule has 3 rings (SSSR count). The Morgan fingerprint density at radius 1 is 1.29 bits per heavy atom. The van der Waals surface area contributed by atoms with Gasteiger partial charge in [-0.05, 0) is 50.8 Å². The van der Waals surface area contributed by atoms with Crippen LogP contribution in [0.2, 0.25) is 0 Å². The predicted octanol–water partition coefficient (Wildman–Crippen LogP) is 3.04. The number of nitrogens with zero attached hydrogens (tertiary/aromatic N) is 2. The van der Waals surface area contributed by atoms with Crippen LogP contribution >= 0.6 is 0 Å². The van der Waals surface area contributed by atoms with E-state index >= 15 is 0 Å². The zero-order valence-corrected chi connectivity index (χ0v) is 13.5. The number of amides is 1. The molecule has 0 bridgehead atoms. The Hall–Kier alpha value is -2.50. The lowest BCUT2D eigenvalue weighted by Crippen LogP contribution is -2.39.